The van der Waals surface area contributed by atoms with Crippen LogP contribution in [-0.4, -0.2) is 35.6 Å². The van der Waals surface area contributed by atoms with Crippen molar-refractivity contribution in [1.82, 2.24) is 4.90 Å². The summed E-state index contributed by atoms with van der Waals surface area (Å²) in [4.78, 5) is 24.3. The summed E-state index contributed by atoms with van der Waals surface area (Å²) >= 11 is 3.25. The number of urea groups is 1. The van der Waals surface area contributed by atoms with Gasteiger partial charge in [-0.3, -0.25) is 0 Å². The number of anilines is 1. The topological polar surface area (TPSA) is 69.6 Å². The fourth-order valence-corrected chi connectivity index (χ4v) is 2.01. The summed E-state index contributed by atoms with van der Waals surface area (Å²) in [6.07, 6.45) is 3.52. The second-order valence-corrected chi connectivity index (χ2v) is 5.14. The van der Waals surface area contributed by atoms with E-state index in [-0.39, 0.29) is 11.6 Å². The summed E-state index contributed by atoms with van der Waals surface area (Å²) in [5.74, 6) is -1.01. The largest absolute Gasteiger partial charge is 0.478 e. The lowest BCUT2D eigenvalue weighted by Gasteiger charge is -2.18. The smallest absolute Gasteiger partial charge is 0.335 e. The molecule has 0 unspecified atom stereocenters. The van der Waals surface area contributed by atoms with Gasteiger partial charge in [-0.05, 0) is 47.0 Å². The van der Waals surface area contributed by atoms with E-state index in [1.54, 1.807) is 18.0 Å². The molecule has 0 aliphatic carbocycles. The molecule has 1 aromatic rings. The maximum Gasteiger partial charge on any atom is 0.335 e. The Morgan fingerprint density at radius 2 is 2.20 bits per heavy atom. The van der Waals surface area contributed by atoms with Crippen LogP contribution in [0.5, 0.6) is 0 Å². The molecule has 1 rings (SSSR count). The van der Waals surface area contributed by atoms with E-state index >= 15 is 0 Å². The lowest BCUT2D eigenvalue weighted by molar-refractivity contribution is 0.0697. The monoisotopic (exact) mass is 340 g/mol. The van der Waals surface area contributed by atoms with E-state index in [1.807, 2.05) is 6.08 Å². The van der Waals surface area contributed by atoms with E-state index in [1.165, 1.54) is 12.1 Å². The van der Waals surface area contributed by atoms with Crippen LogP contribution in [0.1, 0.15) is 23.2 Å². The number of unbranched alkanes of at least 4 members (excludes halogenated alkanes) is 1. The Balaban J connectivity index is 2.66. The molecular formula is C14H17BrN2O3. The van der Waals surface area contributed by atoms with Crippen molar-refractivity contribution < 1.29 is 14.7 Å². The van der Waals surface area contributed by atoms with Gasteiger partial charge >= 0.3 is 12.0 Å². The molecule has 0 aliphatic rings. The number of halogens is 1. The molecule has 0 heterocycles. The number of hydrogen-bond acceptors (Lipinski definition) is 2. The zero-order valence-corrected chi connectivity index (χ0v) is 12.8. The van der Waals surface area contributed by atoms with Crippen molar-refractivity contribution in [2.45, 2.75) is 12.8 Å². The quantitative estimate of drug-likeness (QED) is 0.614. The van der Waals surface area contributed by atoms with Gasteiger partial charge in [0.25, 0.3) is 0 Å². The average Bonchev–Trinajstić information content (AvgIpc) is 2.40. The standard InChI is InChI=1S/C14H17BrN2O3/c1-3-4-5-8-17(2)14(20)16-12-7-6-10(13(18)19)9-11(12)15/h3,6-7,9H,1,4-5,8H2,2H3,(H,16,20)(H,18,19). The van der Waals surface area contributed by atoms with Crippen LogP contribution in [0.2, 0.25) is 0 Å². The highest BCUT2D eigenvalue weighted by molar-refractivity contribution is 9.10. The zero-order valence-electron chi connectivity index (χ0n) is 11.2. The molecule has 0 atom stereocenters. The molecule has 0 saturated heterocycles. The third kappa shape index (κ3) is 4.70. The van der Waals surface area contributed by atoms with E-state index in [0.717, 1.165) is 12.8 Å². The lowest BCUT2D eigenvalue weighted by atomic mass is 10.2. The number of rotatable bonds is 6. The highest BCUT2D eigenvalue weighted by Crippen LogP contribution is 2.24. The van der Waals surface area contributed by atoms with Crippen LogP contribution in [0, 0.1) is 0 Å². The molecular weight excluding hydrogens is 324 g/mol. The highest BCUT2D eigenvalue weighted by atomic mass is 79.9. The first-order chi connectivity index (χ1) is 9.45. The van der Waals surface area contributed by atoms with Crippen LogP contribution < -0.4 is 5.32 Å². The summed E-state index contributed by atoms with van der Waals surface area (Å²) in [5, 5.41) is 11.6. The number of carbonyl (C=O) groups is 2. The molecule has 5 nitrogen and oxygen atoms in total. The number of benzene rings is 1. The Bertz CT molecular complexity index is 517. The first kappa shape index (κ1) is 16.2. The number of allylic oxidation sites excluding steroid dienone is 1. The van der Waals surface area contributed by atoms with Crippen molar-refractivity contribution in [3.05, 3.63) is 40.9 Å². The molecule has 0 saturated carbocycles. The molecule has 0 radical (unpaired) electrons. The van der Waals surface area contributed by atoms with E-state index in [0.29, 0.717) is 16.7 Å². The van der Waals surface area contributed by atoms with Gasteiger partial charge in [-0.1, -0.05) is 6.08 Å². The predicted octanol–water partition coefficient (Wildman–Crippen LogP) is 3.58. The van der Waals surface area contributed by atoms with Gasteiger partial charge in [0, 0.05) is 18.1 Å². The van der Waals surface area contributed by atoms with Crippen molar-refractivity contribution in [3.63, 3.8) is 0 Å². The first-order valence-electron chi connectivity index (χ1n) is 6.11. The van der Waals surface area contributed by atoms with Crippen molar-refractivity contribution in [2.24, 2.45) is 0 Å². The second kappa shape index (κ2) is 7.69. The summed E-state index contributed by atoms with van der Waals surface area (Å²) < 4.78 is 0.533. The van der Waals surface area contributed by atoms with Crippen LogP contribution >= 0.6 is 15.9 Å². The SMILES string of the molecule is C=CCCCN(C)C(=O)Nc1ccc(C(=O)O)cc1Br. The van der Waals surface area contributed by atoms with Crippen molar-refractivity contribution >= 4 is 33.6 Å². The predicted molar refractivity (Wildman–Crippen MR) is 82.2 cm³/mol. The Morgan fingerprint density at radius 1 is 1.50 bits per heavy atom. The van der Waals surface area contributed by atoms with Crippen molar-refractivity contribution in [3.8, 4) is 0 Å². The first-order valence-corrected chi connectivity index (χ1v) is 6.91. The van der Waals surface area contributed by atoms with Gasteiger partial charge in [0.1, 0.15) is 0 Å². The number of carboxylic acids is 1. The van der Waals surface area contributed by atoms with Gasteiger partial charge in [0.2, 0.25) is 0 Å². The normalized spacial score (nSPS) is 9.90. The molecule has 1 aromatic carbocycles. The maximum atomic E-state index is 11.9. The summed E-state index contributed by atoms with van der Waals surface area (Å²) in [6.45, 7) is 4.26. The van der Waals surface area contributed by atoms with Gasteiger partial charge in [0.15, 0.2) is 0 Å². The van der Waals surface area contributed by atoms with E-state index in [2.05, 4.69) is 27.8 Å². The molecule has 20 heavy (non-hydrogen) atoms. The molecule has 0 aliphatic heterocycles. The molecule has 0 bridgehead atoms. The summed E-state index contributed by atoms with van der Waals surface area (Å²) in [5.41, 5.74) is 0.699. The molecule has 2 N–H and O–H groups in total. The minimum Gasteiger partial charge on any atom is -0.478 e. The number of hydrogen-bond donors (Lipinski definition) is 2. The minimum absolute atomic E-state index is 0.161. The average molecular weight is 341 g/mol. The lowest BCUT2D eigenvalue weighted by Crippen LogP contribution is -2.32. The van der Waals surface area contributed by atoms with Gasteiger partial charge in [0.05, 0.1) is 11.3 Å². The van der Waals surface area contributed by atoms with Gasteiger partial charge in [-0.2, -0.15) is 0 Å². The molecule has 0 fully saturated rings. The van der Waals surface area contributed by atoms with Gasteiger partial charge < -0.3 is 15.3 Å². The molecule has 0 spiro atoms. The number of carbonyl (C=O) groups excluding carboxylic acids is 1. The van der Waals surface area contributed by atoms with Crippen molar-refractivity contribution in [2.75, 3.05) is 18.9 Å². The van der Waals surface area contributed by atoms with Crippen LogP contribution in [0.3, 0.4) is 0 Å². The van der Waals surface area contributed by atoms with Crippen LogP contribution in [-0.2, 0) is 0 Å². The molecule has 0 aromatic heterocycles. The second-order valence-electron chi connectivity index (χ2n) is 4.28. The van der Waals surface area contributed by atoms with Crippen molar-refractivity contribution in [1.29, 1.82) is 0 Å². The Kier molecular flexibility index (Phi) is 6.24. The van der Waals surface area contributed by atoms with Crippen LogP contribution in [0.25, 0.3) is 0 Å². The third-order valence-electron chi connectivity index (χ3n) is 2.71. The van der Waals surface area contributed by atoms with E-state index < -0.39 is 5.97 Å². The number of nitrogens with zero attached hydrogens (tertiary/aromatic N) is 1. The van der Waals surface area contributed by atoms with E-state index in [9.17, 15) is 9.59 Å². The van der Waals surface area contributed by atoms with Gasteiger partial charge in [-0.15, -0.1) is 6.58 Å². The maximum absolute atomic E-state index is 11.9. The number of aromatic carboxylic acids is 1. The number of amides is 2. The Morgan fingerprint density at radius 3 is 2.75 bits per heavy atom. The fraction of sp³-hybridized carbons (Fsp3) is 0.286. The summed E-state index contributed by atoms with van der Waals surface area (Å²) in [7, 11) is 1.71. The zero-order chi connectivity index (χ0) is 15.1. The Hall–Kier alpha value is -1.82. The molecule has 2 amide bonds. The van der Waals surface area contributed by atoms with E-state index in [4.69, 9.17) is 5.11 Å². The minimum atomic E-state index is -1.01. The Labute approximate surface area is 126 Å². The number of nitrogens with one attached hydrogen (secondary N) is 1. The van der Waals surface area contributed by atoms with Crippen LogP contribution in [0.4, 0.5) is 10.5 Å². The van der Waals surface area contributed by atoms with Gasteiger partial charge in [-0.25, -0.2) is 9.59 Å². The fourth-order valence-electron chi connectivity index (χ4n) is 1.53. The highest BCUT2D eigenvalue weighted by Gasteiger charge is 2.12. The number of carboxylic acid groups (broad SMARTS) is 1. The molecule has 108 valence electrons. The summed E-state index contributed by atoms with van der Waals surface area (Å²) in [6, 6.07) is 4.22. The third-order valence-corrected chi connectivity index (χ3v) is 3.36. The van der Waals surface area contributed by atoms with Crippen LogP contribution in [0.15, 0.2) is 35.3 Å². The molecule has 6 heteroatoms.